The molecule has 1 unspecified atom stereocenters. The number of piperidine rings is 1. The van der Waals surface area contributed by atoms with Gasteiger partial charge < -0.3 is 10.2 Å². The normalized spacial score (nSPS) is 20.6. The van der Waals surface area contributed by atoms with Crippen molar-refractivity contribution in [2.75, 3.05) is 25.0 Å². The number of hydrogen-bond acceptors (Lipinski definition) is 3. The fourth-order valence-electron chi connectivity index (χ4n) is 2.64. The zero-order valence-corrected chi connectivity index (χ0v) is 11.2. The largest absolute Gasteiger partial charge is 0.356 e. The minimum Gasteiger partial charge on any atom is -0.356 e. The van der Waals surface area contributed by atoms with E-state index in [-0.39, 0.29) is 0 Å². The fourth-order valence-corrected chi connectivity index (χ4v) is 2.64. The molecular formula is C14H23N3. The molecule has 1 aromatic rings. The van der Waals surface area contributed by atoms with Crippen molar-refractivity contribution in [1.82, 2.24) is 10.3 Å². The summed E-state index contributed by atoms with van der Waals surface area (Å²) in [6.45, 7) is 7.70. The van der Waals surface area contributed by atoms with Gasteiger partial charge in [0.05, 0.1) is 0 Å². The number of aromatic nitrogens is 1. The number of nitrogens with one attached hydrogen (secondary N) is 1. The van der Waals surface area contributed by atoms with E-state index < -0.39 is 0 Å². The van der Waals surface area contributed by atoms with Crippen molar-refractivity contribution in [3.63, 3.8) is 0 Å². The van der Waals surface area contributed by atoms with Crippen LogP contribution in [-0.4, -0.2) is 25.1 Å². The van der Waals surface area contributed by atoms with Gasteiger partial charge in [-0.25, -0.2) is 4.98 Å². The van der Waals surface area contributed by atoms with Crippen LogP contribution in [0.3, 0.4) is 0 Å². The second kappa shape index (κ2) is 5.50. The van der Waals surface area contributed by atoms with Crippen molar-refractivity contribution >= 4 is 5.82 Å². The molecule has 1 N–H and O–H groups in total. The first-order valence-corrected chi connectivity index (χ1v) is 6.55. The molecule has 0 saturated carbocycles. The molecule has 1 aliphatic rings. The SMILES string of the molecule is CNCc1cnc(N2CCCC(C)C2)c(C)c1. The van der Waals surface area contributed by atoms with Crippen LogP contribution in [-0.2, 0) is 6.54 Å². The Morgan fingerprint density at radius 3 is 3.00 bits per heavy atom. The van der Waals surface area contributed by atoms with Crippen molar-refractivity contribution in [3.05, 3.63) is 23.4 Å². The van der Waals surface area contributed by atoms with Crippen LogP contribution in [0.4, 0.5) is 5.82 Å². The number of hydrogen-bond donors (Lipinski definition) is 1. The predicted molar refractivity (Wildman–Crippen MR) is 72.3 cm³/mol. The van der Waals surface area contributed by atoms with E-state index in [0.29, 0.717) is 0 Å². The average molecular weight is 233 g/mol. The Hall–Kier alpha value is -1.09. The summed E-state index contributed by atoms with van der Waals surface area (Å²) in [6, 6.07) is 2.25. The first kappa shape index (κ1) is 12.4. The van der Waals surface area contributed by atoms with E-state index in [2.05, 4.69) is 35.1 Å². The average Bonchev–Trinajstić information content (AvgIpc) is 2.29. The Morgan fingerprint density at radius 2 is 2.35 bits per heavy atom. The van der Waals surface area contributed by atoms with Gasteiger partial charge >= 0.3 is 0 Å². The van der Waals surface area contributed by atoms with Gasteiger partial charge in [-0.3, -0.25) is 0 Å². The van der Waals surface area contributed by atoms with Crippen molar-refractivity contribution in [2.24, 2.45) is 5.92 Å². The van der Waals surface area contributed by atoms with Crippen molar-refractivity contribution < 1.29 is 0 Å². The zero-order valence-electron chi connectivity index (χ0n) is 11.2. The van der Waals surface area contributed by atoms with Gasteiger partial charge in [0.15, 0.2) is 0 Å². The highest BCUT2D eigenvalue weighted by molar-refractivity contribution is 5.47. The van der Waals surface area contributed by atoms with E-state index in [1.165, 1.54) is 29.8 Å². The smallest absolute Gasteiger partial charge is 0.131 e. The Kier molecular flexibility index (Phi) is 4.00. The van der Waals surface area contributed by atoms with Gasteiger partial charge in [0.25, 0.3) is 0 Å². The van der Waals surface area contributed by atoms with E-state index in [9.17, 15) is 0 Å². The van der Waals surface area contributed by atoms with Crippen LogP contribution >= 0.6 is 0 Å². The van der Waals surface area contributed by atoms with Crippen LogP contribution in [0.2, 0.25) is 0 Å². The summed E-state index contributed by atoms with van der Waals surface area (Å²) in [7, 11) is 1.97. The maximum atomic E-state index is 4.64. The molecule has 0 bridgehead atoms. The van der Waals surface area contributed by atoms with E-state index in [0.717, 1.165) is 25.6 Å². The second-order valence-corrected chi connectivity index (χ2v) is 5.21. The number of rotatable bonds is 3. The van der Waals surface area contributed by atoms with Crippen molar-refractivity contribution in [2.45, 2.75) is 33.2 Å². The molecular weight excluding hydrogens is 210 g/mol. The molecule has 94 valence electrons. The van der Waals surface area contributed by atoms with E-state index in [1.54, 1.807) is 0 Å². The lowest BCUT2D eigenvalue weighted by Crippen LogP contribution is -2.35. The highest BCUT2D eigenvalue weighted by Crippen LogP contribution is 2.24. The molecule has 1 atom stereocenters. The molecule has 3 heteroatoms. The standard InChI is InChI=1S/C14H23N3/c1-11-5-4-6-17(10-11)14-12(2)7-13(8-15-3)9-16-14/h7,9,11,15H,4-6,8,10H2,1-3H3. The molecule has 2 heterocycles. The van der Waals surface area contributed by atoms with Crippen LogP contribution in [0.15, 0.2) is 12.3 Å². The van der Waals surface area contributed by atoms with Crippen molar-refractivity contribution in [3.8, 4) is 0 Å². The minimum atomic E-state index is 0.793. The molecule has 3 nitrogen and oxygen atoms in total. The summed E-state index contributed by atoms with van der Waals surface area (Å²) in [6.07, 6.45) is 4.64. The van der Waals surface area contributed by atoms with Crippen LogP contribution in [0.25, 0.3) is 0 Å². The monoisotopic (exact) mass is 233 g/mol. The zero-order chi connectivity index (χ0) is 12.3. The number of pyridine rings is 1. The summed E-state index contributed by atoms with van der Waals surface area (Å²) >= 11 is 0. The molecule has 0 amide bonds. The number of aryl methyl sites for hydroxylation is 1. The third-order valence-electron chi connectivity index (χ3n) is 3.44. The van der Waals surface area contributed by atoms with Gasteiger partial charge in [0.1, 0.15) is 5.82 Å². The summed E-state index contributed by atoms with van der Waals surface area (Å²) in [5.74, 6) is 1.97. The highest BCUT2D eigenvalue weighted by atomic mass is 15.2. The minimum absolute atomic E-state index is 0.793. The molecule has 0 spiro atoms. The summed E-state index contributed by atoms with van der Waals surface area (Å²) in [5, 5.41) is 3.16. The third-order valence-corrected chi connectivity index (χ3v) is 3.44. The molecule has 0 aliphatic carbocycles. The molecule has 0 radical (unpaired) electrons. The van der Waals surface area contributed by atoms with Gasteiger partial charge in [0, 0.05) is 25.8 Å². The van der Waals surface area contributed by atoms with E-state index >= 15 is 0 Å². The third kappa shape index (κ3) is 2.97. The second-order valence-electron chi connectivity index (χ2n) is 5.21. The van der Waals surface area contributed by atoms with Crippen molar-refractivity contribution in [1.29, 1.82) is 0 Å². The van der Waals surface area contributed by atoms with E-state index in [1.807, 2.05) is 13.2 Å². The number of nitrogens with zero attached hydrogens (tertiary/aromatic N) is 2. The molecule has 1 aromatic heterocycles. The van der Waals surface area contributed by atoms with Gasteiger partial charge in [-0.2, -0.15) is 0 Å². The van der Waals surface area contributed by atoms with Gasteiger partial charge in [0.2, 0.25) is 0 Å². The highest BCUT2D eigenvalue weighted by Gasteiger charge is 2.18. The van der Waals surface area contributed by atoms with Gasteiger partial charge in [-0.05, 0) is 49.9 Å². The van der Waals surface area contributed by atoms with Crippen LogP contribution in [0.1, 0.15) is 30.9 Å². The first-order chi connectivity index (χ1) is 8.20. The molecule has 17 heavy (non-hydrogen) atoms. The lowest BCUT2D eigenvalue weighted by molar-refractivity contribution is 0.444. The lowest BCUT2D eigenvalue weighted by atomic mass is 10.00. The predicted octanol–water partition coefficient (Wildman–Crippen LogP) is 2.35. The molecule has 1 saturated heterocycles. The molecule has 1 aliphatic heterocycles. The molecule has 1 fully saturated rings. The Balaban J connectivity index is 2.15. The van der Waals surface area contributed by atoms with E-state index in [4.69, 9.17) is 0 Å². The summed E-state index contributed by atoms with van der Waals surface area (Å²) in [4.78, 5) is 7.08. The lowest BCUT2D eigenvalue weighted by Gasteiger charge is -2.32. The molecule has 0 aromatic carbocycles. The summed E-state index contributed by atoms with van der Waals surface area (Å²) in [5.41, 5.74) is 2.56. The van der Waals surface area contributed by atoms with Crippen LogP contribution in [0, 0.1) is 12.8 Å². The quantitative estimate of drug-likeness (QED) is 0.868. The Bertz CT molecular complexity index is 376. The number of anilines is 1. The van der Waals surface area contributed by atoms with Gasteiger partial charge in [-0.1, -0.05) is 6.92 Å². The molecule has 2 rings (SSSR count). The maximum absolute atomic E-state index is 4.64. The first-order valence-electron chi connectivity index (χ1n) is 6.55. The topological polar surface area (TPSA) is 28.2 Å². The Morgan fingerprint density at radius 1 is 1.53 bits per heavy atom. The fraction of sp³-hybridized carbons (Fsp3) is 0.643. The maximum Gasteiger partial charge on any atom is 0.131 e. The summed E-state index contributed by atoms with van der Waals surface area (Å²) < 4.78 is 0. The Labute approximate surface area is 104 Å². The van der Waals surface area contributed by atoms with Crippen LogP contribution in [0.5, 0.6) is 0 Å². The van der Waals surface area contributed by atoms with Crippen LogP contribution < -0.4 is 10.2 Å². The van der Waals surface area contributed by atoms with Gasteiger partial charge in [-0.15, -0.1) is 0 Å².